The molecule has 1 saturated heterocycles. The van der Waals surface area contributed by atoms with Gasteiger partial charge in [0, 0.05) is 31.2 Å². The lowest BCUT2D eigenvalue weighted by Gasteiger charge is -2.38. The maximum absolute atomic E-state index is 14.3. The number of anilines is 1. The Bertz CT molecular complexity index is 967. The minimum absolute atomic E-state index is 0.0712. The quantitative estimate of drug-likeness (QED) is 0.392. The highest BCUT2D eigenvalue weighted by molar-refractivity contribution is 5.96. The van der Waals surface area contributed by atoms with Crippen LogP contribution in [0.15, 0.2) is 42.5 Å². The molecule has 0 bridgehead atoms. The van der Waals surface area contributed by atoms with E-state index in [4.69, 9.17) is 0 Å². The van der Waals surface area contributed by atoms with Gasteiger partial charge in [-0.2, -0.15) is 13.2 Å². The van der Waals surface area contributed by atoms with E-state index in [0.29, 0.717) is 44.6 Å². The Morgan fingerprint density at radius 1 is 1.15 bits per heavy atom. The van der Waals surface area contributed by atoms with Crippen LogP contribution in [0.3, 0.4) is 0 Å². The second-order valence-electron chi connectivity index (χ2n) is 8.97. The summed E-state index contributed by atoms with van der Waals surface area (Å²) in [5.41, 5.74) is -1.10. The number of ketones is 1. The van der Waals surface area contributed by atoms with E-state index >= 15 is 0 Å². The number of likely N-dealkylation sites (tertiary alicyclic amines) is 1. The van der Waals surface area contributed by atoms with Gasteiger partial charge >= 0.3 is 6.18 Å². The maximum atomic E-state index is 14.3. The summed E-state index contributed by atoms with van der Waals surface area (Å²) in [5, 5.41) is 14.0. The Morgan fingerprint density at radius 3 is 2.45 bits per heavy atom. The zero-order valence-corrected chi connectivity index (χ0v) is 18.9. The number of Topliss-reactive ketones (excluding diaryl/α,β-unsaturated/α-hetero) is 1. The third-order valence-corrected chi connectivity index (χ3v) is 6.01. The van der Waals surface area contributed by atoms with Gasteiger partial charge in [-0.3, -0.25) is 4.79 Å². The van der Waals surface area contributed by atoms with Crippen LogP contribution >= 0.6 is 0 Å². The van der Waals surface area contributed by atoms with Crippen LogP contribution in [0.25, 0.3) is 0 Å². The molecule has 0 aliphatic carbocycles. The minimum Gasteiger partial charge on any atom is -0.385 e. The summed E-state index contributed by atoms with van der Waals surface area (Å²) >= 11 is 0. The molecule has 1 fully saturated rings. The number of benzene rings is 2. The van der Waals surface area contributed by atoms with E-state index in [1.165, 1.54) is 24.3 Å². The van der Waals surface area contributed by atoms with Crippen LogP contribution in [0, 0.1) is 5.82 Å². The van der Waals surface area contributed by atoms with Crippen LogP contribution < -0.4 is 5.32 Å². The first-order valence-electron chi connectivity index (χ1n) is 11.2. The third-order valence-electron chi connectivity index (χ3n) is 6.01. The van der Waals surface area contributed by atoms with Crippen molar-refractivity contribution in [3.8, 4) is 0 Å². The molecule has 1 aliphatic rings. The smallest absolute Gasteiger partial charge is 0.385 e. The summed E-state index contributed by atoms with van der Waals surface area (Å²) < 4.78 is 53.3. The molecule has 1 heterocycles. The van der Waals surface area contributed by atoms with Crippen LogP contribution in [0.5, 0.6) is 0 Å². The van der Waals surface area contributed by atoms with E-state index in [9.17, 15) is 27.5 Å². The molecule has 3 rings (SSSR count). The van der Waals surface area contributed by atoms with Gasteiger partial charge in [0.15, 0.2) is 5.78 Å². The minimum atomic E-state index is -4.45. The molecule has 0 spiro atoms. The van der Waals surface area contributed by atoms with E-state index in [0.717, 1.165) is 12.1 Å². The number of hydrogen-bond donors (Lipinski definition) is 2. The number of aliphatic hydroxyl groups is 1. The second kappa shape index (κ2) is 10.2. The van der Waals surface area contributed by atoms with E-state index in [1.54, 1.807) is 6.07 Å². The van der Waals surface area contributed by atoms with Gasteiger partial charge in [-0.25, -0.2) is 4.39 Å². The number of nitrogens with zero attached hydrogens (tertiary/aromatic N) is 1. The Balaban J connectivity index is 1.50. The highest BCUT2D eigenvalue weighted by atomic mass is 19.4. The van der Waals surface area contributed by atoms with Crippen molar-refractivity contribution < 1.29 is 27.5 Å². The summed E-state index contributed by atoms with van der Waals surface area (Å²) in [7, 11) is 0. The molecule has 2 N–H and O–H groups in total. The summed E-state index contributed by atoms with van der Waals surface area (Å²) in [5.74, 6) is -0.809. The molecule has 2 aromatic carbocycles. The molecule has 180 valence electrons. The van der Waals surface area contributed by atoms with Crippen LogP contribution in [0.2, 0.25) is 0 Å². The molecule has 8 heteroatoms. The number of halogens is 4. The first-order valence-corrected chi connectivity index (χ1v) is 11.2. The van der Waals surface area contributed by atoms with Gasteiger partial charge in [-0.05, 0) is 75.5 Å². The van der Waals surface area contributed by atoms with Crippen LogP contribution in [-0.2, 0) is 11.8 Å². The molecule has 0 amide bonds. The van der Waals surface area contributed by atoms with Crippen molar-refractivity contribution in [3.63, 3.8) is 0 Å². The average molecular weight is 467 g/mol. The van der Waals surface area contributed by atoms with E-state index in [-0.39, 0.29) is 29.4 Å². The average Bonchev–Trinajstić information content (AvgIpc) is 2.74. The molecule has 0 saturated carbocycles. The Morgan fingerprint density at radius 2 is 1.85 bits per heavy atom. The van der Waals surface area contributed by atoms with Gasteiger partial charge in [0.1, 0.15) is 5.82 Å². The third kappa shape index (κ3) is 6.54. The molecule has 33 heavy (non-hydrogen) atoms. The number of rotatable bonds is 8. The second-order valence-corrected chi connectivity index (χ2v) is 8.97. The first-order chi connectivity index (χ1) is 15.5. The topological polar surface area (TPSA) is 52.6 Å². The highest BCUT2D eigenvalue weighted by Gasteiger charge is 2.37. The van der Waals surface area contributed by atoms with Crippen molar-refractivity contribution in [3.05, 3.63) is 65.0 Å². The number of piperidine rings is 1. The number of hydrogen-bond acceptors (Lipinski definition) is 4. The summed E-state index contributed by atoms with van der Waals surface area (Å²) in [4.78, 5) is 14.5. The standard InChI is InChI=1S/C25H30F4N2O2/c1-17(2)30-20-8-9-21(22(26)16-20)23(32)7-4-12-31-13-10-24(33,11-14-31)18-5-3-6-19(15-18)25(27,28)29/h3,5-6,8-9,15-17,30,33H,4,7,10-14H2,1-2H3. The normalized spacial score (nSPS) is 16.7. The van der Waals surface area contributed by atoms with Crippen molar-refractivity contribution in [1.82, 2.24) is 4.90 Å². The van der Waals surface area contributed by atoms with Gasteiger partial charge in [-0.1, -0.05) is 12.1 Å². The SMILES string of the molecule is CC(C)Nc1ccc(C(=O)CCCN2CCC(O)(c3cccc(C(F)(F)F)c3)CC2)c(F)c1. The van der Waals surface area contributed by atoms with Crippen LogP contribution in [0.4, 0.5) is 23.2 Å². The lowest BCUT2D eigenvalue weighted by molar-refractivity contribution is -0.137. The fraction of sp³-hybridized carbons (Fsp3) is 0.480. The van der Waals surface area contributed by atoms with Crippen LogP contribution in [-0.4, -0.2) is 41.5 Å². The van der Waals surface area contributed by atoms with Crippen molar-refractivity contribution in [2.45, 2.75) is 57.3 Å². The van der Waals surface area contributed by atoms with Gasteiger partial charge in [0.05, 0.1) is 16.7 Å². The lowest BCUT2D eigenvalue weighted by atomic mass is 9.83. The number of alkyl halides is 3. The lowest BCUT2D eigenvalue weighted by Crippen LogP contribution is -2.43. The molecule has 0 aromatic heterocycles. The zero-order valence-electron chi connectivity index (χ0n) is 18.9. The Labute approximate surface area is 191 Å². The van der Waals surface area contributed by atoms with Crippen molar-refractivity contribution in [1.29, 1.82) is 0 Å². The zero-order chi connectivity index (χ0) is 24.2. The molecule has 4 nitrogen and oxygen atoms in total. The predicted octanol–water partition coefficient (Wildman–Crippen LogP) is 5.61. The monoisotopic (exact) mass is 466 g/mol. The Hall–Kier alpha value is -2.45. The predicted molar refractivity (Wildman–Crippen MR) is 120 cm³/mol. The van der Waals surface area contributed by atoms with Crippen molar-refractivity contribution in [2.75, 3.05) is 25.0 Å². The number of nitrogens with one attached hydrogen (secondary N) is 1. The molecule has 2 aromatic rings. The molecule has 0 atom stereocenters. The fourth-order valence-corrected chi connectivity index (χ4v) is 4.18. The number of carbonyl (C=O) groups is 1. The molecule has 1 aliphatic heterocycles. The highest BCUT2D eigenvalue weighted by Crippen LogP contribution is 2.36. The maximum Gasteiger partial charge on any atom is 0.416 e. The Kier molecular flexibility index (Phi) is 7.80. The fourth-order valence-electron chi connectivity index (χ4n) is 4.18. The van der Waals surface area contributed by atoms with Gasteiger partial charge in [0.2, 0.25) is 0 Å². The largest absolute Gasteiger partial charge is 0.416 e. The van der Waals surface area contributed by atoms with E-state index < -0.39 is 23.2 Å². The summed E-state index contributed by atoms with van der Waals surface area (Å²) in [6.07, 6.45) is -3.11. The van der Waals surface area contributed by atoms with Crippen molar-refractivity contribution >= 4 is 11.5 Å². The van der Waals surface area contributed by atoms with E-state index in [2.05, 4.69) is 10.2 Å². The van der Waals surface area contributed by atoms with E-state index in [1.807, 2.05) is 13.8 Å². The van der Waals surface area contributed by atoms with Crippen molar-refractivity contribution in [2.24, 2.45) is 0 Å². The van der Waals surface area contributed by atoms with Gasteiger partial charge in [-0.15, -0.1) is 0 Å². The summed E-state index contributed by atoms with van der Waals surface area (Å²) in [6, 6.07) is 9.53. The number of carbonyl (C=O) groups excluding carboxylic acids is 1. The van der Waals surface area contributed by atoms with Gasteiger partial charge in [0.25, 0.3) is 0 Å². The first kappa shape index (κ1) is 25.2. The molecular formula is C25H30F4N2O2. The molecule has 0 unspecified atom stereocenters. The van der Waals surface area contributed by atoms with Gasteiger partial charge < -0.3 is 15.3 Å². The molecule has 0 radical (unpaired) electrons. The summed E-state index contributed by atoms with van der Waals surface area (Å²) in [6.45, 7) is 5.49. The molecular weight excluding hydrogens is 436 g/mol. The van der Waals surface area contributed by atoms with Crippen LogP contribution in [0.1, 0.15) is 61.0 Å².